The van der Waals surface area contributed by atoms with Gasteiger partial charge in [0, 0.05) is 0 Å². The summed E-state index contributed by atoms with van der Waals surface area (Å²) < 4.78 is 5.08. The fourth-order valence-electron chi connectivity index (χ4n) is 2.36. The van der Waals surface area contributed by atoms with Crippen LogP contribution in [0.3, 0.4) is 0 Å². The van der Waals surface area contributed by atoms with Crippen molar-refractivity contribution in [1.82, 2.24) is 10.2 Å². The molecule has 1 saturated heterocycles. The van der Waals surface area contributed by atoms with E-state index < -0.39 is 17.5 Å². The predicted octanol–water partition coefficient (Wildman–Crippen LogP) is 1.38. The molecule has 6 heteroatoms. The van der Waals surface area contributed by atoms with Gasteiger partial charge in [-0.15, -0.1) is 0 Å². The van der Waals surface area contributed by atoms with Crippen molar-refractivity contribution in [2.75, 3.05) is 13.7 Å². The van der Waals surface area contributed by atoms with E-state index in [9.17, 15) is 9.59 Å². The molecule has 0 saturated carbocycles. The highest BCUT2D eigenvalue weighted by molar-refractivity contribution is 6.07. The number of nitrogens with zero attached hydrogens (tertiary/aromatic N) is 2. The Morgan fingerprint density at radius 1 is 1.35 bits per heavy atom. The van der Waals surface area contributed by atoms with Gasteiger partial charge in [-0.25, -0.2) is 9.69 Å². The first-order valence-corrected chi connectivity index (χ1v) is 6.24. The van der Waals surface area contributed by atoms with Gasteiger partial charge in [-0.3, -0.25) is 4.79 Å². The summed E-state index contributed by atoms with van der Waals surface area (Å²) >= 11 is 0. The normalized spacial score (nSPS) is 21.6. The molecule has 0 spiro atoms. The van der Waals surface area contributed by atoms with Crippen LogP contribution < -0.4 is 10.1 Å². The molecule has 1 fully saturated rings. The molecule has 1 aromatic carbocycles. The number of nitrogens with one attached hydrogen (secondary N) is 1. The maximum absolute atomic E-state index is 12.5. The number of benzene rings is 1. The summed E-state index contributed by atoms with van der Waals surface area (Å²) in [6.45, 7) is 1.57. The zero-order valence-corrected chi connectivity index (χ0v) is 11.3. The van der Waals surface area contributed by atoms with Gasteiger partial charge in [-0.2, -0.15) is 5.26 Å². The van der Waals surface area contributed by atoms with Crippen molar-refractivity contribution in [3.05, 3.63) is 29.8 Å². The lowest BCUT2D eigenvalue weighted by Crippen LogP contribution is -2.43. The molecular weight excluding hydrogens is 258 g/mol. The average molecular weight is 273 g/mol. The maximum atomic E-state index is 12.5. The van der Waals surface area contributed by atoms with Crippen molar-refractivity contribution < 1.29 is 14.3 Å². The van der Waals surface area contributed by atoms with Crippen LogP contribution in [0, 0.1) is 11.3 Å². The Hall–Kier alpha value is -2.55. The van der Waals surface area contributed by atoms with E-state index in [1.807, 2.05) is 13.0 Å². The largest absolute Gasteiger partial charge is 0.497 e. The first kappa shape index (κ1) is 13.9. The Balaban J connectivity index is 2.42. The molecule has 1 unspecified atom stereocenters. The topological polar surface area (TPSA) is 82.4 Å². The Labute approximate surface area is 116 Å². The lowest BCUT2D eigenvalue weighted by Gasteiger charge is -2.25. The third kappa shape index (κ3) is 1.97. The summed E-state index contributed by atoms with van der Waals surface area (Å²) in [6, 6.07) is 8.26. The summed E-state index contributed by atoms with van der Waals surface area (Å²) in [5, 5.41) is 11.4. The molecule has 20 heavy (non-hydrogen) atoms. The van der Waals surface area contributed by atoms with E-state index in [4.69, 9.17) is 10.00 Å². The second kappa shape index (κ2) is 5.21. The van der Waals surface area contributed by atoms with Gasteiger partial charge < -0.3 is 10.1 Å². The molecule has 2 rings (SSSR count). The van der Waals surface area contributed by atoms with Gasteiger partial charge >= 0.3 is 6.03 Å². The monoisotopic (exact) mass is 273 g/mol. The lowest BCUT2D eigenvalue weighted by atomic mass is 9.87. The number of rotatable bonds is 4. The Bertz CT molecular complexity index is 576. The van der Waals surface area contributed by atoms with Crippen LogP contribution in [0.15, 0.2) is 24.3 Å². The van der Waals surface area contributed by atoms with Crippen LogP contribution in [-0.4, -0.2) is 30.5 Å². The van der Waals surface area contributed by atoms with Crippen molar-refractivity contribution in [3.63, 3.8) is 0 Å². The lowest BCUT2D eigenvalue weighted by molar-refractivity contribution is -0.131. The number of carbonyl (C=O) groups excluding carboxylic acids is 2. The molecule has 0 aromatic heterocycles. The standard InChI is InChI=1S/C14H15N3O3/c1-3-14(10-4-6-11(20-2)7-5-10)12(18)17(9-8-15)13(19)16-14/h4-7H,3,9H2,1-2H3,(H,16,19). The molecule has 104 valence electrons. The minimum Gasteiger partial charge on any atom is -0.497 e. The van der Waals surface area contributed by atoms with Gasteiger partial charge in [0.2, 0.25) is 0 Å². The minimum absolute atomic E-state index is 0.247. The summed E-state index contributed by atoms with van der Waals surface area (Å²) in [5.74, 6) is 0.280. The molecule has 1 atom stereocenters. The fourth-order valence-corrected chi connectivity index (χ4v) is 2.36. The van der Waals surface area contributed by atoms with Gasteiger partial charge in [0.25, 0.3) is 5.91 Å². The smallest absolute Gasteiger partial charge is 0.326 e. The van der Waals surface area contributed by atoms with E-state index >= 15 is 0 Å². The SMILES string of the molecule is CCC1(c2ccc(OC)cc2)NC(=O)N(CC#N)C1=O. The van der Waals surface area contributed by atoms with Gasteiger partial charge in [0.15, 0.2) is 0 Å². The van der Waals surface area contributed by atoms with Gasteiger partial charge in [0.1, 0.15) is 17.8 Å². The summed E-state index contributed by atoms with van der Waals surface area (Å²) in [4.78, 5) is 25.3. The van der Waals surface area contributed by atoms with E-state index in [1.165, 1.54) is 0 Å². The molecule has 1 aliphatic heterocycles. The van der Waals surface area contributed by atoms with Gasteiger partial charge in [0.05, 0.1) is 13.2 Å². The third-order valence-corrected chi connectivity index (χ3v) is 3.52. The first-order valence-electron chi connectivity index (χ1n) is 6.24. The van der Waals surface area contributed by atoms with Crippen LogP contribution in [0.25, 0.3) is 0 Å². The zero-order chi connectivity index (χ0) is 14.8. The van der Waals surface area contributed by atoms with Crippen molar-refractivity contribution >= 4 is 11.9 Å². The Morgan fingerprint density at radius 3 is 2.50 bits per heavy atom. The van der Waals surface area contributed by atoms with Gasteiger partial charge in [-0.05, 0) is 24.1 Å². The number of amides is 3. The molecule has 0 radical (unpaired) electrons. The molecule has 1 aliphatic rings. The maximum Gasteiger partial charge on any atom is 0.326 e. The first-order chi connectivity index (χ1) is 9.58. The van der Waals surface area contributed by atoms with Gasteiger partial charge in [-0.1, -0.05) is 19.1 Å². The Morgan fingerprint density at radius 2 is 2.00 bits per heavy atom. The van der Waals surface area contributed by atoms with Crippen molar-refractivity contribution in [3.8, 4) is 11.8 Å². The van der Waals surface area contributed by atoms with Crippen LogP contribution in [-0.2, 0) is 10.3 Å². The zero-order valence-electron chi connectivity index (χ0n) is 11.3. The van der Waals surface area contributed by atoms with Crippen molar-refractivity contribution in [1.29, 1.82) is 5.26 Å². The van der Waals surface area contributed by atoms with E-state index in [-0.39, 0.29) is 6.54 Å². The number of nitriles is 1. The summed E-state index contributed by atoms with van der Waals surface area (Å²) in [5.41, 5.74) is -0.417. The van der Waals surface area contributed by atoms with Crippen LogP contribution in [0.2, 0.25) is 0 Å². The molecule has 3 amide bonds. The number of urea groups is 1. The third-order valence-electron chi connectivity index (χ3n) is 3.52. The van der Waals surface area contributed by atoms with E-state index in [2.05, 4.69) is 5.32 Å². The van der Waals surface area contributed by atoms with E-state index in [0.29, 0.717) is 17.7 Å². The highest BCUT2D eigenvalue weighted by Gasteiger charge is 2.51. The van der Waals surface area contributed by atoms with E-state index in [0.717, 1.165) is 4.90 Å². The number of carbonyl (C=O) groups is 2. The molecule has 1 aromatic rings. The Kier molecular flexibility index (Phi) is 3.61. The molecule has 1 heterocycles. The highest BCUT2D eigenvalue weighted by Crippen LogP contribution is 2.33. The highest BCUT2D eigenvalue weighted by atomic mass is 16.5. The van der Waals surface area contributed by atoms with Crippen LogP contribution in [0.4, 0.5) is 4.79 Å². The molecular formula is C14H15N3O3. The molecule has 6 nitrogen and oxygen atoms in total. The number of hydrogen-bond donors (Lipinski definition) is 1. The van der Waals surface area contributed by atoms with Crippen LogP contribution >= 0.6 is 0 Å². The molecule has 0 bridgehead atoms. The average Bonchev–Trinajstić information content (AvgIpc) is 2.73. The number of hydrogen-bond acceptors (Lipinski definition) is 4. The van der Waals surface area contributed by atoms with Crippen LogP contribution in [0.1, 0.15) is 18.9 Å². The fraction of sp³-hybridized carbons (Fsp3) is 0.357. The molecule has 0 aliphatic carbocycles. The predicted molar refractivity (Wildman–Crippen MR) is 70.8 cm³/mol. The second-order valence-corrected chi connectivity index (χ2v) is 4.47. The molecule has 1 N–H and O–H groups in total. The number of imide groups is 1. The van der Waals surface area contributed by atoms with Crippen molar-refractivity contribution in [2.24, 2.45) is 0 Å². The number of ether oxygens (including phenoxy) is 1. The van der Waals surface area contributed by atoms with Crippen molar-refractivity contribution in [2.45, 2.75) is 18.9 Å². The number of methoxy groups -OCH3 is 1. The van der Waals surface area contributed by atoms with Crippen LogP contribution in [0.5, 0.6) is 5.75 Å². The van der Waals surface area contributed by atoms with E-state index in [1.54, 1.807) is 31.4 Å². The summed E-state index contributed by atoms with van der Waals surface area (Å²) in [7, 11) is 1.56. The summed E-state index contributed by atoms with van der Waals surface area (Å²) in [6.07, 6.45) is 0.409. The minimum atomic E-state index is -1.10. The quantitative estimate of drug-likeness (QED) is 0.663. The second-order valence-electron chi connectivity index (χ2n) is 4.47.